The Balaban J connectivity index is 3.71. The van der Waals surface area contributed by atoms with E-state index in [1.165, 1.54) is 141 Å². The SMILES string of the molecule is CCCCCCCCCCCCCCCC(CN)C(CCCC)CCCCCC. The number of rotatable bonds is 24. The number of hydrogen-bond donors (Lipinski definition) is 1. The monoisotopic (exact) mass is 409 g/mol. The van der Waals surface area contributed by atoms with Gasteiger partial charge in [0.2, 0.25) is 0 Å². The fourth-order valence-electron chi connectivity index (χ4n) is 4.89. The lowest BCUT2D eigenvalue weighted by Crippen LogP contribution is -2.24. The molecular formula is C28H59N. The van der Waals surface area contributed by atoms with Crippen molar-refractivity contribution in [3.05, 3.63) is 0 Å². The van der Waals surface area contributed by atoms with E-state index in [0.29, 0.717) is 0 Å². The zero-order valence-electron chi connectivity index (χ0n) is 21.0. The van der Waals surface area contributed by atoms with E-state index >= 15 is 0 Å². The molecule has 29 heavy (non-hydrogen) atoms. The van der Waals surface area contributed by atoms with Crippen LogP contribution in [-0.2, 0) is 0 Å². The minimum absolute atomic E-state index is 0.788. The first kappa shape index (κ1) is 29.0. The average Bonchev–Trinajstić information content (AvgIpc) is 2.74. The third-order valence-electron chi connectivity index (χ3n) is 7.00. The maximum atomic E-state index is 6.22. The fourth-order valence-corrected chi connectivity index (χ4v) is 4.89. The van der Waals surface area contributed by atoms with Crippen LogP contribution in [0.1, 0.15) is 162 Å². The summed E-state index contributed by atoms with van der Waals surface area (Å²) in [5.74, 6) is 1.69. The minimum Gasteiger partial charge on any atom is -0.330 e. The summed E-state index contributed by atoms with van der Waals surface area (Å²) < 4.78 is 0. The maximum Gasteiger partial charge on any atom is -0.00462 e. The van der Waals surface area contributed by atoms with E-state index in [4.69, 9.17) is 5.73 Å². The molecule has 176 valence electrons. The minimum atomic E-state index is 0.788. The predicted molar refractivity (Wildman–Crippen MR) is 135 cm³/mol. The first-order valence-corrected chi connectivity index (χ1v) is 14.0. The van der Waals surface area contributed by atoms with E-state index < -0.39 is 0 Å². The normalized spacial score (nSPS) is 13.7. The van der Waals surface area contributed by atoms with Gasteiger partial charge in [-0.2, -0.15) is 0 Å². The fraction of sp³-hybridized carbons (Fsp3) is 1.00. The molecule has 1 heteroatoms. The summed E-state index contributed by atoms with van der Waals surface area (Å²) in [5, 5.41) is 0. The molecule has 0 amide bonds. The average molecular weight is 410 g/mol. The second-order valence-electron chi connectivity index (χ2n) is 9.78. The molecule has 2 N–H and O–H groups in total. The van der Waals surface area contributed by atoms with Gasteiger partial charge in [0, 0.05) is 0 Å². The van der Waals surface area contributed by atoms with Crippen LogP contribution >= 0.6 is 0 Å². The summed E-state index contributed by atoms with van der Waals surface area (Å²) in [6.45, 7) is 7.86. The third kappa shape index (κ3) is 19.7. The summed E-state index contributed by atoms with van der Waals surface area (Å²) in [6.07, 6.45) is 31.4. The Morgan fingerprint density at radius 3 is 1.10 bits per heavy atom. The molecule has 0 rings (SSSR count). The lowest BCUT2D eigenvalue weighted by Gasteiger charge is -2.26. The van der Waals surface area contributed by atoms with Gasteiger partial charge in [-0.25, -0.2) is 0 Å². The van der Waals surface area contributed by atoms with Gasteiger partial charge >= 0.3 is 0 Å². The molecule has 0 aliphatic heterocycles. The van der Waals surface area contributed by atoms with Crippen LogP contribution in [0.5, 0.6) is 0 Å². The molecule has 0 heterocycles. The van der Waals surface area contributed by atoms with Gasteiger partial charge in [-0.3, -0.25) is 0 Å². The van der Waals surface area contributed by atoms with E-state index in [0.717, 1.165) is 18.4 Å². The highest BCUT2D eigenvalue weighted by Gasteiger charge is 2.19. The Morgan fingerprint density at radius 2 is 0.690 bits per heavy atom. The highest BCUT2D eigenvalue weighted by Crippen LogP contribution is 2.28. The van der Waals surface area contributed by atoms with Gasteiger partial charge in [-0.05, 0) is 24.8 Å². The van der Waals surface area contributed by atoms with Gasteiger partial charge in [0.25, 0.3) is 0 Å². The van der Waals surface area contributed by atoms with Crippen LogP contribution in [0.15, 0.2) is 0 Å². The molecule has 0 aliphatic rings. The van der Waals surface area contributed by atoms with Gasteiger partial charge in [0.1, 0.15) is 0 Å². The molecular weight excluding hydrogens is 350 g/mol. The first-order valence-electron chi connectivity index (χ1n) is 14.0. The zero-order chi connectivity index (χ0) is 21.4. The molecule has 0 bridgehead atoms. The Hall–Kier alpha value is -0.0400. The summed E-state index contributed by atoms with van der Waals surface area (Å²) >= 11 is 0. The van der Waals surface area contributed by atoms with Crippen molar-refractivity contribution < 1.29 is 0 Å². The summed E-state index contributed by atoms with van der Waals surface area (Å²) in [7, 11) is 0. The molecule has 0 fully saturated rings. The number of unbranched alkanes of at least 4 members (excludes halogenated alkanes) is 16. The quantitative estimate of drug-likeness (QED) is 0.158. The lowest BCUT2D eigenvalue weighted by molar-refractivity contribution is 0.263. The molecule has 0 saturated carbocycles. The lowest BCUT2D eigenvalue weighted by atomic mass is 9.81. The summed E-state index contributed by atoms with van der Waals surface area (Å²) in [4.78, 5) is 0. The molecule has 0 spiro atoms. The highest BCUT2D eigenvalue weighted by molar-refractivity contribution is 4.72. The highest BCUT2D eigenvalue weighted by atomic mass is 14.6. The van der Waals surface area contributed by atoms with Gasteiger partial charge < -0.3 is 5.73 Å². The van der Waals surface area contributed by atoms with Gasteiger partial charge in [-0.1, -0.05) is 156 Å². The molecule has 0 aromatic carbocycles. The second kappa shape index (κ2) is 24.2. The molecule has 0 saturated heterocycles. The van der Waals surface area contributed by atoms with Crippen molar-refractivity contribution in [2.45, 2.75) is 162 Å². The van der Waals surface area contributed by atoms with E-state index in [-0.39, 0.29) is 0 Å². The van der Waals surface area contributed by atoms with Crippen molar-refractivity contribution in [3.63, 3.8) is 0 Å². The molecule has 2 unspecified atom stereocenters. The maximum absolute atomic E-state index is 6.22. The second-order valence-corrected chi connectivity index (χ2v) is 9.78. The standard InChI is InChI=1S/C28H59N/c1-4-7-10-12-13-14-15-16-17-18-19-20-22-25-28(26-29)27(23-9-6-3)24-21-11-8-5-2/h27-28H,4-26,29H2,1-3H3. The van der Waals surface area contributed by atoms with Crippen LogP contribution < -0.4 is 5.73 Å². The molecule has 0 aromatic rings. The van der Waals surface area contributed by atoms with E-state index in [2.05, 4.69) is 20.8 Å². The van der Waals surface area contributed by atoms with E-state index in [9.17, 15) is 0 Å². The van der Waals surface area contributed by atoms with Crippen molar-refractivity contribution in [2.24, 2.45) is 17.6 Å². The van der Waals surface area contributed by atoms with E-state index in [1.807, 2.05) is 0 Å². The summed E-state index contributed by atoms with van der Waals surface area (Å²) in [6, 6.07) is 0. The number of nitrogens with two attached hydrogens (primary N) is 1. The van der Waals surface area contributed by atoms with Crippen molar-refractivity contribution >= 4 is 0 Å². The Bertz CT molecular complexity index is 288. The van der Waals surface area contributed by atoms with Crippen molar-refractivity contribution in [3.8, 4) is 0 Å². The zero-order valence-corrected chi connectivity index (χ0v) is 21.0. The van der Waals surface area contributed by atoms with Crippen molar-refractivity contribution in [1.82, 2.24) is 0 Å². The van der Waals surface area contributed by atoms with Crippen LogP contribution in [0.25, 0.3) is 0 Å². The molecule has 0 radical (unpaired) electrons. The van der Waals surface area contributed by atoms with Crippen molar-refractivity contribution in [2.75, 3.05) is 6.54 Å². The topological polar surface area (TPSA) is 26.0 Å². The third-order valence-corrected chi connectivity index (χ3v) is 7.00. The largest absolute Gasteiger partial charge is 0.330 e. The first-order chi connectivity index (χ1) is 14.3. The van der Waals surface area contributed by atoms with Crippen LogP contribution in [0.3, 0.4) is 0 Å². The smallest absolute Gasteiger partial charge is 0.00462 e. The Kier molecular flexibility index (Phi) is 24.2. The summed E-state index contributed by atoms with van der Waals surface area (Å²) in [5.41, 5.74) is 6.22. The molecule has 0 aliphatic carbocycles. The van der Waals surface area contributed by atoms with E-state index in [1.54, 1.807) is 0 Å². The Labute approximate surface area is 186 Å². The van der Waals surface area contributed by atoms with Gasteiger partial charge in [0.05, 0.1) is 0 Å². The Morgan fingerprint density at radius 1 is 0.379 bits per heavy atom. The molecule has 1 nitrogen and oxygen atoms in total. The van der Waals surface area contributed by atoms with Gasteiger partial charge in [-0.15, -0.1) is 0 Å². The van der Waals surface area contributed by atoms with Crippen LogP contribution in [-0.4, -0.2) is 6.54 Å². The van der Waals surface area contributed by atoms with Crippen LogP contribution in [0, 0.1) is 11.8 Å². The molecule has 2 atom stereocenters. The number of hydrogen-bond acceptors (Lipinski definition) is 1. The molecule has 0 aromatic heterocycles. The predicted octanol–water partition coefficient (Wildman–Crippen LogP) is 9.82. The van der Waals surface area contributed by atoms with Crippen molar-refractivity contribution in [1.29, 1.82) is 0 Å². The van der Waals surface area contributed by atoms with Crippen LogP contribution in [0.2, 0.25) is 0 Å². The van der Waals surface area contributed by atoms with Crippen LogP contribution in [0.4, 0.5) is 0 Å². The van der Waals surface area contributed by atoms with Gasteiger partial charge in [0.15, 0.2) is 0 Å².